The van der Waals surface area contributed by atoms with Crippen LogP contribution in [0.2, 0.25) is 0 Å². The Labute approximate surface area is 78.3 Å². The number of nitrogens with one attached hydrogen (secondary N) is 1. The molecule has 0 heterocycles. The smallest absolute Gasteiger partial charge is 0.328 e. The number of rotatable bonds is 5. The third-order valence-corrected chi connectivity index (χ3v) is 1.64. The van der Waals surface area contributed by atoms with Crippen LogP contribution >= 0.6 is 0 Å². The molecule has 0 aromatic heterocycles. The van der Waals surface area contributed by atoms with Crippen molar-refractivity contribution < 1.29 is 15.0 Å². The van der Waals surface area contributed by atoms with Crippen LogP contribution in [-0.2, 0) is 4.79 Å². The van der Waals surface area contributed by atoms with Gasteiger partial charge in [0.1, 0.15) is 0 Å². The summed E-state index contributed by atoms with van der Waals surface area (Å²) >= 11 is 0. The first kappa shape index (κ1) is 12.0. The predicted octanol–water partition coefficient (Wildman–Crippen LogP) is 0.724. The van der Waals surface area contributed by atoms with Gasteiger partial charge < -0.3 is 15.5 Å². The highest BCUT2D eigenvalue weighted by Crippen LogP contribution is 1.98. The second-order valence-electron chi connectivity index (χ2n) is 3.00. The summed E-state index contributed by atoms with van der Waals surface area (Å²) in [7, 11) is 0. The van der Waals surface area contributed by atoms with Gasteiger partial charge in [-0.2, -0.15) is 0 Å². The Morgan fingerprint density at radius 1 is 1.62 bits per heavy atom. The van der Waals surface area contributed by atoms with E-state index in [-0.39, 0.29) is 0 Å². The van der Waals surface area contributed by atoms with Crippen LogP contribution in [0.15, 0.2) is 11.8 Å². The second kappa shape index (κ2) is 5.59. The van der Waals surface area contributed by atoms with Crippen molar-refractivity contribution in [3.8, 4) is 0 Å². The molecule has 0 spiro atoms. The summed E-state index contributed by atoms with van der Waals surface area (Å²) in [6.45, 7) is 5.19. The molecular formula is C9H17NO3. The molecule has 0 saturated heterocycles. The molecule has 0 radical (unpaired) electrons. The molecule has 0 fully saturated rings. The maximum absolute atomic E-state index is 10.6. The Morgan fingerprint density at radius 3 is 2.46 bits per heavy atom. The van der Waals surface area contributed by atoms with Gasteiger partial charge in [-0.05, 0) is 20.3 Å². The van der Waals surface area contributed by atoms with E-state index in [0.717, 1.165) is 12.1 Å². The van der Waals surface area contributed by atoms with Crippen LogP contribution in [0.3, 0.4) is 0 Å². The van der Waals surface area contributed by atoms with Crippen LogP contribution in [0.4, 0.5) is 0 Å². The minimum Gasteiger partial charge on any atom is -0.480 e. The number of carboxylic acid groups (broad SMARTS) is 1. The van der Waals surface area contributed by atoms with Gasteiger partial charge in [0.25, 0.3) is 0 Å². The second-order valence-corrected chi connectivity index (χ2v) is 3.00. The summed E-state index contributed by atoms with van der Waals surface area (Å²) in [5, 5.41) is 20.6. The summed E-state index contributed by atoms with van der Waals surface area (Å²) in [6, 6.07) is -0.928. The molecule has 0 bridgehead atoms. The van der Waals surface area contributed by atoms with Gasteiger partial charge in [0, 0.05) is 5.70 Å². The van der Waals surface area contributed by atoms with Gasteiger partial charge in [0.15, 0.2) is 6.04 Å². The molecule has 2 atom stereocenters. The lowest BCUT2D eigenvalue weighted by Gasteiger charge is -2.18. The topological polar surface area (TPSA) is 69.6 Å². The number of allylic oxidation sites excluding steroid dienone is 2. The zero-order valence-corrected chi connectivity index (χ0v) is 8.24. The molecule has 0 aromatic carbocycles. The van der Waals surface area contributed by atoms with Crippen molar-refractivity contribution in [2.75, 3.05) is 0 Å². The summed E-state index contributed by atoms with van der Waals surface area (Å²) in [6.07, 6.45) is 1.81. The first-order valence-corrected chi connectivity index (χ1v) is 4.33. The molecule has 4 nitrogen and oxygen atoms in total. The molecule has 0 amide bonds. The van der Waals surface area contributed by atoms with Gasteiger partial charge in [-0.15, -0.1) is 0 Å². The first-order chi connectivity index (χ1) is 5.99. The highest BCUT2D eigenvalue weighted by Gasteiger charge is 2.22. The molecule has 0 aliphatic heterocycles. The summed E-state index contributed by atoms with van der Waals surface area (Å²) in [5.74, 6) is -1.04. The Hall–Kier alpha value is -1.03. The number of hydrogen-bond donors (Lipinski definition) is 3. The Morgan fingerprint density at radius 2 is 2.15 bits per heavy atom. The molecule has 2 unspecified atom stereocenters. The van der Waals surface area contributed by atoms with Gasteiger partial charge in [-0.3, -0.25) is 0 Å². The number of aliphatic hydroxyl groups is 1. The minimum absolute atomic E-state index is 0.774. The van der Waals surface area contributed by atoms with Crippen molar-refractivity contribution in [2.45, 2.75) is 39.3 Å². The van der Waals surface area contributed by atoms with Gasteiger partial charge in [-0.25, -0.2) is 4.79 Å². The molecule has 0 rings (SSSR count). The number of aliphatic hydroxyl groups excluding tert-OH is 1. The fourth-order valence-electron chi connectivity index (χ4n) is 0.999. The van der Waals surface area contributed by atoms with Gasteiger partial charge >= 0.3 is 5.97 Å². The maximum atomic E-state index is 10.6. The molecule has 0 aliphatic carbocycles. The highest BCUT2D eigenvalue weighted by atomic mass is 16.4. The zero-order valence-electron chi connectivity index (χ0n) is 8.24. The van der Waals surface area contributed by atoms with Crippen molar-refractivity contribution in [2.24, 2.45) is 0 Å². The van der Waals surface area contributed by atoms with Crippen LogP contribution in [0.25, 0.3) is 0 Å². The molecule has 76 valence electrons. The highest BCUT2D eigenvalue weighted by molar-refractivity contribution is 5.74. The largest absolute Gasteiger partial charge is 0.480 e. The summed E-state index contributed by atoms with van der Waals surface area (Å²) < 4.78 is 0. The number of carbonyl (C=O) groups is 1. The normalized spacial score (nSPS) is 16.5. The minimum atomic E-state index is -1.04. The Bertz CT molecular complexity index is 199. The molecular weight excluding hydrogens is 170 g/mol. The number of hydrogen-bond acceptors (Lipinski definition) is 3. The van der Waals surface area contributed by atoms with Crippen LogP contribution in [0, 0.1) is 0 Å². The maximum Gasteiger partial charge on any atom is 0.328 e. The van der Waals surface area contributed by atoms with Crippen LogP contribution < -0.4 is 5.32 Å². The fourth-order valence-corrected chi connectivity index (χ4v) is 0.999. The van der Waals surface area contributed by atoms with E-state index in [1.165, 1.54) is 6.92 Å². The van der Waals surface area contributed by atoms with Gasteiger partial charge in [0.2, 0.25) is 0 Å². The van der Waals surface area contributed by atoms with Gasteiger partial charge in [0.05, 0.1) is 6.10 Å². The fraction of sp³-hybridized carbons (Fsp3) is 0.667. The van der Waals surface area contributed by atoms with E-state index in [1.807, 2.05) is 13.0 Å². The molecule has 4 heteroatoms. The first-order valence-electron chi connectivity index (χ1n) is 4.33. The van der Waals surface area contributed by atoms with E-state index in [9.17, 15) is 4.79 Å². The average molecular weight is 187 g/mol. The SMILES string of the molecule is CC/C=C(\C)NC(C(=O)O)C(C)O. The predicted molar refractivity (Wildman–Crippen MR) is 50.3 cm³/mol. The van der Waals surface area contributed by atoms with E-state index in [4.69, 9.17) is 10.2 Å². The lowest BCUT2D eigenvalue weighted by atomic mass is 10.2. The third kappa shape index (κ3) is 4.52. The van der Waals surface area contributed by atoms with Crippen molar-refractivity contribution in [3.63, 3.8) is 0 Å². The van der Waals surface area contributed by atoms with E-state index < -0.39 is 18.1 Å². The van der Waals surface area contributed by atoms with Crippen molar-refractivity contribution >= 4 is 5.97 Å². The van der Waals surface area contributed by atoms with E-state index >= 15 is 0 Å². The standard InChI is InChI=1S/C9H17NO3/c1-4-5-6(2)10-8(7(3)11)9(12)13/h5,7-8,10-11H,4H2,1-3H3,(H,12,13)/b6-5+. The van der Waals surface area contributed by atoms with Crippen molar-refractivity contribution in [3.05, 3.63) is 11.8 Å². The quantitative estimate of drug-likeness (QED) is 0.593. The van der Waals surface area contributed by atoms with Crippen LogP contribution in [-0.4, -0.2) is 28.3 Å². The van der Waals surface area contributed by atoms with Crippen LogP contribution in [0.5, 0.6) is 0 Å². The van der Waals surface area contributed by atoms with E-state index in [1.54, 1.807) is 6.92 Å². The molecule has 0 aliphatic rings. The lowest BCUT2D eigenvalue weighted by Crippen LogP contribution is -2.43. The van der Waals surface area contributed by atoms with Crippen molar-refractivity contribution in [1.29, 1.82) is 0 Å². The lowest BCUT2D eigenvalue weighted by molar-refractivity contribution is -0.141. The Kier molecular flexibility index (Phi) is 5.14. The van der Waals surface area contributed by atoms with Gasteiger partial charge in [-0.1, -0.05) is 13.0 Å². The Balaban J connectivity index is 4.27. The average Bonchev–Trinajstić information content (AvgIpc) is 1.99. The van der Waals surface area contributed by atoms with E-state index in [0.29, 0.717) is 0 Å². The van der Waals surface area contributed by atoms with E-state index in [2.05, 4.69) is 5.32 Å². The zero-order chi connectivity index (χ0) is 10.4. The van der Waals surface area contributed by atoms with Crippen LogP contribution in [0.1, 0.15) is 27.2 Å². The molecule has 0 saturated carbocycles. The van der Waals surface area contributed by atoms with Crippen molar-refractivity contribution in [1.82, 2.24) is 5.32 Å². The third-order valence-electron chi connectivity index (χ3n) is 1.64. The molecule has 13 heavy (non-hydrogen) atoms. The number of carboxylic acids is 1. The molecule has 3 N–H and O–H groups in total. The summed E-state index contributed by atoms with van der Waals surface area (Å²) in [5.41, 5.74) is 0.774. The number of aliphatic carboxylic acids is 1. The molecule has 0 aromatic rings. The monoisotopic (exact) mass is 187 g/mol. The summed E-state index contributed by atoms with van der Waals surface area (Å²) in [4.78, 5) is 10.6.